The minimum absolute atomic E-state index is 0.0153. The van der Waals surface area contributed by atoms with Crippen molar-refractivity contribution < 1.29 is 9.47 Å². The number of ether oxygens (including phenoxy) is 2. The second-order valence-corrected chi connectivity index (χ2v) is 10.4. The Morgan fingerprint density at radius 2 is 1.72 bits per heavy atom. The van der Waals surface area contributed by atoms with Crippen LogP contribution in [-0.2, 0) is 30.2 Å². The van der Waals surface area contributed by atoms with Crippen molar-refractivity contribution in [1.82, 2.24) is 4.90 Å². The molecule has 0 saturated heterocycles. The molecule has 0 bridgehead atoms. The van der Waals surface area contributed by atoms with Gasteiger partial charge in [-0.25, -0.2) is 0 Å². The smallest absolute Gasteiger partial charge is 0.165 e. The SMILES string of the molecule is CN1CCc2c(cccc2C(C)(C)Cc2cc3c(c(C(C)(C)C)c2)OCCO3)C1. The zero-order valence-corrected chi connectivity index (χ0v) is 18.9. The third kappa shape index (κ3) is 4.02. The summed E-state index contributed by atoms with van der Waals surface area (Å²) in [6, 6.07) is 11.4. The fourth-order valence-electron chi connectivity index (χ4n) is 4.86. The van der Waals surface area contributed by atoms with E-state index in [1.165, 1.54) is 22.3 Å². The third-order valence-electron chi connectivity index (χ3n) is 6.34. The second kappa shape index (κ2) is 7.36. The van der Waals surface area contributed by atoms with E-state index in [1.807, 2.05) is 0 Å². The number of benzene rings is 2. The molecule has 0 fully saturated rings. The molecule has 0 amide bonds. The summed E-state index contributed by atoms with van der Waals surface area (Å²) in [6.07, 6.45) is 2.12. The van der Waals surface area contributed by atoms with Gasteiger partial charge in [0.15, 0.2) is 11.5 Å². The number of likely N-dealkylation sites (N-methyl/N-ethyl adjacent to an activating group) is 1. The molecule has 0 aliphatic carbocycles. The first-order chi connectivity index (χ1) is 13.6. The summed E-state index contributed by atoms with van der Waals surface area (Å²) in [4.78, 5) is 2.41. The van der Waals surface area contributed by atoms with Crippen LogP contribution < -0.4 is 9.47 Å². The minimum atomic E-state index is 0.0153. The highest BCUT2D eigenvalue weighted by atomic mass is 16.6. The van der Waals surface area contributed by atoms with Crippen LogP contribution in [0.3, 0.4) is 0 Å². The van der Waals surface area contributed by atoms with Crippen molar-refractivity contribution in [3.63, 3.8) is 0 Å². The van der Waals surface area contributed by atoms with Crippen LogP contribution in [0.1, 0.15) is 62.4 Å². The molecule has 3 heteroatoms. The Bertz CT molecular complexity index is 908. The van der Waals surface area contributed by atoms with Crippen molar-refractivity contribution in [2.75, 3.05) is 26.8 Å². The highest BCUT2D eigenvalue weighted by molar-refractivity contribution is 5.53. The Morgan fingerprint density at radius 1 is 0.966 bits per heavy atom. The van der Waals surface area contributed by atoms with E-state index >= 15 is 0 Å². The first-order valence-corrected chi connectivity index (χ1v) is 10.9. The summed E-state index contributed by atoms with van der Waals surface area (Å²) < 4.78 is 12.0. The van der Waals surface area contributed by atoms with Crippen LogP contribution in [0.2, 0.25) is 0 Å². The Morgan fingerprint density at radius 3 is 2.48 bits per heavy atom. The number of hydrogen-bond donors (Lipinski definition) is 0. The van der Waals surface area contributed by atoms with Crippen LogP contribution in [0.5, 0.6) is 11.5 Å². The molecule has 2 aliphatic heterocycles. The molecule has 2 heterocycles. The predicted octanol–water partition coefficient (Wildman–Crippen LogP) is 5.26. The van der Waals surface area contributed by atoms with Gasteiger partial charge in [-0.2, -0.15) is 0 Å². The molecule has 2 aromatic carbocycles. The second-order valence-electron chi connectivity index (χ2n) is 10.4. The molecule has 2 aromatic rings. The largest absolute Gasteiger partial charge is 0.486 e. The maximum Gasteiger partial charge on any atom is 0.165 e. The predicted molar refractivity (Wildman–Crippen MR) is 119 cm³/mol. The maximum atomic E-state index is 6.01. The van der Waals surface area contributed by atoms with Gasteiger partial charge in [-0.3, -0.25) is 0 Å². The van der Waals surface area contributed by atoms with E-state index < -0.39 is 0 Å². The molecule has 3 nitrogen and oxygen atoms in total. The van der Waals surface area contributed by atoms with Crippen molar-refractivity contribution in [2.24, 2.45) is 0 Å². The zero-order valence-electron chi connectivity index (χ0n) is 18.9. The van der Waals surface area contributed by atoms with E-state index in [-0.39, 0.29) is 10.8 Å². The average molecular weight is 394 g/mol. The normalized spacial score (nSPS) is 17.2. The highest BCUT2D eigenvalue weighted by Crippen LogP contribution is 2.43. The Balaban J connectivity index is 1.72. The lowest BCUT2D eigenvalue weighted by molar-refractivity contribution is 0.167. The molecule has 0 atom stereocenters. The number of rotatable bonds is 3. The highest BCUT2D eigenvalue weighted by Gasteiger charge is 2.30. The Labute approximate surface area is 176 Å². The lowest BCUT2D eigenvalue weighted by Gasteiger charge is -2.34. The van der Waals surface area contributed by atoms with Gasteiger partial charge in [0.05, 0.1) is 0 Å². The van der Waals surface area contributed by atoms with Crippen LogP contribution in [0.4, 0.5) is 0 Å². The monoisotopic (exact) mass is 393 g/mol. The molecule has 0 radical (unpaired) electrons. The standard InChI is InChI=1S/C26H35NO2/c1-25(2,3)22-14-18(15-23-24(22)29-13-12-28-23)16-26(4,5)21-9-7-8-19-17-27(6)11-10-20(19)21/h7-9,14-15H,10-13,16-17H2,1-6H3. The van der Waals surface area contributed by atoms with Gasteiger partial charge >= 0.3 is 0 Å². The van der Waals surface area contributed by atoms with Crippen molar-refractivity contribution >= 4 is 0 Å². The fourth-order valence-corrected chi connectivity index (χ4v) is 4.86. The molecule has 29 heavy (non-hydrogen) atoms. The molecule has 0 saturated carbocycles. The van der Waals surface area contributed by atoms with E-state index in [0.717, 1.165) is 37.4 Å². The van der Waals surface area contributed by atoms with E-state index in [2.05, 4.69) is 76.9 Å². The van der Waals surface area contributed by atoms with Crippen molar-refractivity contribution in [3.8, 4) is 11.5 Å². The van der Waals surface area contributed by atoms with Crippen LogP contribution in [0.15, 0.2) is 30.3 Å². The van der Waals surface area contributed by atoms with Crippen LogP contribution in [0.25, 0.3) is 0 Å². The summed E-state index contributed by atoms with van der Waals surface area (Å²) >= 11 is 0. The van der Waals surface area contributed by atoms with Gasteiger partial charge < -0.3 is 14.4 Å². The van der Waals surface area contributed by atoms with Gasteiger partial charge in [0.2, 0.25) is 0 Å². The fraction of sp³-hybridized carbons (Fsp3) is 0.538. The third-order valence-corrected chi connectivity index (χ3v) is 6.34. The van der Waals surface area contributed by atoms with Gasteiger partial charge in [-0.1, -0.05) is 58.9 Å². The van der Waals surface area contributed by atoms with E-state index in [4.69, 9.17) is 9.47 Å². The number of nitrogens with zero attached hydrogens (tertiary/aromatic N) is 1. The molecule has 0 N–H and O–H groups in total. The first kappa shape index (κ1) is 20.3. The van der Waals surface area contributed by atoms with Crippen molar-refractivity contribution in [2.45, 2.75) is 64.8 Å². The van der Waals surface area contributed by atoms with Gasteiger partial charge in [0.1, 0.15) is 13.2 Å². The lowest BCUT2D eigenvalue weighted by atomic mass is 9.74. The molecule has 2 aliphatic rings. The lowest BCUT2D eigenvalue weighted by Crippen LogP contribution is -2.31. The van der Waals surface area contributed by atoms with Crippen molar-refractivity contribution in [3.05, 3.63) is 58.1 Å². The average Bonchev–Trinajstić information content (AvgIpc) is 2.65. The molecular formula is C26H35NO2. The molecule has 0 aromatic heterocycles. The van der Waals surface area contributed by atoms with Gasteiger partial charge in [0, 0.05) is 18.7 Å². The molecule has 156 valence electrons. The quantitative estimate of drug-likeness (QED) is 0.710. The Hall–Kier alpha value is -2.00. The molecule has 0 unspecified atom stereocenters. The molecular weight excluding hydrogens is 358 g/mol. The summed E-state index contributed by atoms with van der Waals surface area (Å²) in [5.41, 5.74) is 7.19. The summed E-state index contributed by atoms with van der Waals surface area (Å²) in [5.74, 6) is 1.84. The molecule has 4 rings (SSSR count). The van der Waals surface area contributed by atoms with Gasteiger partial charge in [-0.05, 0) is 59.0 Å². The Kier molecular flexibility index (Phi) is 5.14. The topological polar surface area (TPSA) is 21.7 Å². The number of fused-ring (bicyclic) bond motifs is 2. The van der Waals surface area contributed by atoms with Crippen LogP contribution >= 0.6 is 0 Å². The van der Waals surface area contributed by atoms with Gasteiger partial charge in [0.25, 0.3) is 0 Å². The summed E-state index contributed by atoms with van der Waals surface area (Å²) in [5, 5.41) is 0. The van der Waals surface area contributed by atoms with Crippen LogP contribution in [0, 0.1) is 0 Å². The first-order valence-electron chi connectivity index (χ1n) is 10.9. The summed E-state index contributed by atoms with van der Waals surface area (Å²) in [6.45, 7) is 15.0. The zero-order chi connectivity index (χ0) is 20.8. The minimum Gasteiger partial charge on any atom is -0.486 e. The van der Waals surface area contributed by atoms with E-state index in [1.54, 1.807) is 5.56 Å². The van der Waals surface area contributed by atoms with Crippen molar-refractivity contribution in [1.29, 1.82) is 0 Å². The summed E-state index contributed by atoms with van der Waals surface area (Å²) in [7, 11) is 2.21. The maximum absolute atomic E-state index is 6.01. The van der Waals surface area contributed by atoms with E-state index in [9.17, 15) is 0 Å². The number of hydrogen-bond acceptors (Lipinski definition) is 3. The van der Waals surface area contributed by atoms with Crippen LogP contribution in [-0.4, -0.2) is 31.7 Å². The van der Waals surface area contributed by atoms with E-state index in [0.29, 0.717) is 13.2 Å². The van der Waals surface area contributed by atoms with Gasteiger partial charge in [-0.15, -0.1) is 0 Å². The molecule has 0 spiro atoms.